The molecular formula is C11H16F2N4. The first kappa shape index (κ1) is 12.1. The molecule has 1 fully saturated rings. The molecule has 0 amide bonds. The maximum Gasteiger partial charge on any atom is 0.152 e. The number of likely N-dealkylation sites (N-methyl/N-ethyl adjacent to an activating group) is 1. The summed E-state index contributed by atoms with van der Waals surface area (Å²) in [5, 5.41) is 1.80. The highest BCUT2D eigenvalue weighted by Crippen LogP contribution is 2.22. The second-order valence-electron chi connectivity index (χ2n) is 4.26. The number of hydrogen-bond donors (Lipinski definition) is 2. The maximum atomic E-state index is 13.5. The van der Waals surface area contributed by atoms with Gasteiger partial charge in [0, 0.05) is 31.9 Å². The molecule has 2 rings (SSSR count). The van der Waals surface area contributed by atoms with E-state index in [0.717, 1.165) is 38.3 Å². The molecule has 94 valence electrons. The fourth-order valence-electron chi connectivity index (χ4n) is 1.78. The van der Waals surface area contributed by atoms with E-state index in [1.165, 1.54) is 0 Å². The lowest BCUT2D eigenvalue weighted by molar-refractivity contribution is 0.178. The highest BCUT2D eigenvalue weighted by Gasteiger charge is 2.17. The number of nitrogens with one attached hydrogen (secondary N) is 1. The van der Waals surface area contributed by atoms with E-state index < -0.39 is 11.6 Å². The van der Waals surface area contributed by atoms with Gasteiger partial charge in [-0.25, -0.2) is 13.8 Å². The molecule has 0 unspecified atom stereocenters. The number of hydrogen-bond acceptors (Lipinski definition) is 4. The molecule has 17 heavy (non-hydrogen) atoms. The summed E-state index contributed by atoms with van der Waals surface area (Å²) in [6.07, 6.45) is 0. The van der Waals surface area contributed by atoms with Gasteiger partial charge in [-0.3, -0.25) is 0 Å². The molecular weight excluding hydrogens is 226 g/mol. The van der Waals surface area contributed by atoms with Gasteiger partial charge in [-0.2, -0.15) is 0 Å². The van der Waals surface area contributed by atoms with Gasteiger partial charge in [-0.1, -0.05) is 0 Å². The zero-order valence-corrected chi connectivity index (χ0v) is 9.71. The van der Waals surface area contributed by atoms with Crippen LogP contribution in [0.1, 0.15) is 0 Å². The van der Waals surface area contributed by atoms with Gasteiger partial charge in [0.05, 0.1) is 0 Å². The Bertz CT molecular complexity index is 379. The second-order valence-corrected chi connectivity index (χ2v) is 4.26. The van der Waals surface area contributed by atoms with Crippen molar-refractivity contribution in [2.24, 2.45) is 0 Å². The zero-order chi connectivity index (χ0) is 12.4. The van der Waals surface area contributed by atoms with E-state index in [9.17, 15) is 8.78 Å². The molecule has 0 atom stereocenters. The Hall–Kier alpha value is -1.40. The van der Waals surface area contributed by atoms with Crippen LogP contribution in [0.2, 0.25) is 0 Å². The summed E-state index contributed by atoms with van der Waals surface area (Å²) in [6, 6.07) is 2.23. The van der Waals surface area contributed by atoms with Crippen LogP contribution in [0.3, 0.4) is 0 Å². The topological polar surface area (TPSA) is 44.5 Å². The summed E-state index contributed by atoms with van der Waals surface area (Å²) in [7, 11) is 2.02. The highest BCUT2D eigenvalue weighted by molar-refractivity contribution is 5.53. The minimum absolute atomic E-state index is 0.0870. The number of benzene rings is 1. The van der Waals surface area contributed by atoms with Gasteiger partial charge in [0.1, 0.15) is 5.69 Å². The predicted octanol–water partition coefficient (Wildman–Crippen LogP) is 1.12. The third-order valence-corrected chi connectivity index (χ3v) is 2.84. The summed E-state index contributed by atoms with van der Waals surface area (Å²) in [6.45, 7) is 3.18. The van der Waals surface area contributed by atoms with Crippen molar-refractivity contribution >= 4 is 11.4 Å². The van der Waals surface area contributed by atoms with Crippen molar-refractivity contribution in [2.75, 3.05) is 44.4 Å². The lowest BCUT2D eigenvalue weighted by Crippen LogP contribution is -2.47. The van der Waals surface area contributed by atoms with E-state index in [4.69, 9.17) is 5.73 Å². The van der Waals surface area contributed by atoms with Gasteiger partial charge in [0.2, 0.25) is 0 Å². The van der Waals surface area contributed by atoms with Gasteiger partial charge in [-0.15, -0.1) is 0 Å². The molecule has 0 radical (unpaired) electrons. The molecule has 1 heterocycles. The summed E-state index contributed by atoms with van der Waals surface area (Å²) >= 11 is 0. The van der Waals surface area contributed by atoms with Crippen molar-refractivity contribution in [3.8, 4) is 0 Å². The number of halogens is 2. The lowest BCUT2D eigenvalue weighted by Gasteiger charge is -2.33. The number of nitrogens with zero attached hydrogens (tertiary/aromatic N) is 2. The summed E-state index contributed by atoms with van der Waals surface area (Å²) in [4.78, 5) is 2.16. The number of rotatable bonds is 2. The Morgan fingerprint density at radius 3 is 2.18 bits per heavy atom. The third-order valence-electron chi connectivity index (χ3n) is 2.84. The SMILES string of the molecule is CN1CCN(Nc2c(F)cc(N)cc2F)CC1. The predicted molar refractivity (Wildman–Crippen MR) is 63.5 cm³/mol. The minimum Gasteiger partial charge on any atom is -0.399 e. The maximum absolute atomic E-state index is 13.5. The first-order valence-corrected chi connectivity index (χ1v) is 5.51. The number of hydrazine groups is 1. The van der Waals surface area contributed by atoms with Crippen molar-refractivity contribution in [3.63, 3.8) is 0 Å². The van der Waals surface area contributed by atoms with Crippen LogP contribution < -0.4 is 11.2 Å². The summed E-state index contributed by atoms with van der Waals surface area (Å²) in [5.74, 6) is -1.33. The number of anilines is 2. The van der Waals surface area contributed by atoms with Gasteiger partial charge in [0.15, 0.2) is 11.6 Å². The molecule has 6 heteroatoms. The van der Waals surface area contributed by atoms with E-state index in [0.29, 0.717) is 0 Å². The van der Waals surface area contributed by atoms with E-state index in [2.05, 4.69) is 10.3 Å². The first-order valence-electron chi connectivity index (χ1n) is 5.51. The van der Waals surface area contributed by atoms with E-state index in [1.54, 1.807) is 5.01 Å². The van der Waals surface area contributed by atoms with Crippen LogP contribution in [-0.4, -0.2) is 43.1 Å². The first-order chi connectivity index (χ1) is 8.06. The van der Waals surface area contributed by atoms with Gasteiger partial charge >= 0.3 is 0 Å². The number of nitrogens with two attached hydrogens (primary N) is 1. The van der Waals surface area contributed by atoms with Crippen molar-refractivity contribution in [1.29, 1.82) is 0 Å². The monoisotopic (exact) mass is 242 g/mol. The molecule has 1 aliphatic heterocycles. The van der Waals surface area contributed by atoms with Gasteiger partial charge in [-0.05, 0) is 19.2 Å². The largest absolute Gasteiger partial charge is 0.399 e. The number of piperazine rings is 1. The molecule has 4 nitrogen and oxygen atoms in total. The van der Waals surface area contributed by atoms with Crippen LogP contribution in [0.5, 0.6) is 0 Å². The Morgan fingerprint density at radius 2 is 1.65 bits per heavy atom. The van der Waals surface area contributed by atoms with Gasteiger partial charge in [0.25, 0.3) is 0 Å². The standard InChI is InChI=1S/C11H16F2N4/c1-16-2-4-17(5-3-16)15-11-9(12)6-8(14)7-10(11)13/h6-7,15H,2-5,14H2,1H3. The Labute approximate surface area is 99.0 Å². The van der Waals surface area contributed by atoms with Crippen molar-refractivity contribution in [1.82, 2.24) is 9.91 Å². The number of nitrogen functional groups attached to an aromatic ring is 1. The van der Waals surface area contributed by atoms with Crippen molar-refractivity contribution in [3.05, 3.63) is 23.8 Å². The van der Waals surface area contributed by atoms with E-state index in [1.807, 2.05) is 7.05 Å². The molecule has 0 saturated carbocycles. The highest BCUT2D eigenvalue weighted by atomic mass is 19.1. The van der Waals surface area contributed by atoms with Crippen LogP contribution in [0.15, 0.2) is 12.1 Å². The van der Waals surface area contributed by atoms with Crippen molar-refractivity contribution < 1.29 is 8.78 Å². The molecule has 1 aliphatic rings. The molecule has 1 saturated heterocycles. The Balaban J connectivity index is 2.08. The van der Waals surface area contributed by atoms with Crippen LogP contribution in [0, 0.1) is 11.6 Å². The molecule has 0 aromatic heterocycles. The van der Waals surface area contributed by atoms with Gasteiger partial charge < -0.3 is 16.1 Å². The summed E-state index contributed by atoms with van der Waals surface area (Å²) < 4.78 is 27.0. The fourth-order valence-corrected chi connectivity index (χ4v) is 1.78. The minimum atomic E-state index is -0.665. The summed E-state index contributed by atoms with van der Waals surface area (Å²) in [5.41, 5.74) is 8.07. The fraction of sp³-hybridized carbons (Fsp3) is 0.455. The quantitative estimate of drug-likeness (QED) is 0.763. The molecule has 3 N–H and O–H groups in total. The lowest BCUT2D eigenvalue weighted by atomic mass is 10.2. The molecule has 0 bridgehead atoms. The van der Waals surface area contributed by atoms with Crippen LogP contribution in [-0.2, 0) is 0 Å². The molecule has 1 aromatic carbocycles. The zero-order valence-electron chi connectivity index (χ0n) is 9.71. The smallest absolute Gasteiger partial charge is 0.152 e. The molecule has 0 aliphatic carbocycles. The van der Waals surface area contributed by atoms with Crippen LogP contribution in [0.25, 0.3) is 0 Å². The van der Waals surface area contributed by atoms with Crippen molar-refractivity contribution in [2.45, 2.75) is 0 Å². The normalized spacial score (nSPS) is 18.3. The average Bonchev–Trinajstić information content (AvgIpc) is 2.26. The molecule has 1 aromatic rings. The van der Waals surface area contributed by atoms with Crippen LogP contribution >= 0.6 is 0 Å². The Morgan fingerprint density at radius 1 is 1.12 bits per heavy atom. The average molecular weight is 242 g/mol. The Kier molecular flexibility index (Phi) is 3.44. The second kappa shape index (κ2) is 4.85. The van der Waals surface area contributed by atoms with E-state index >= 15 is 0 Å². The third kappa shape index (κ3) is 2.83. The van der Waals surface area contributed by atoms with E-state index in [-0.39, 0.29) is 11.4 Å². The van der Waals surface area contributed by atoms with Crippen LogP contribution in [0.4, 0.5) is 20.2 Å². The molecule has 0 spiro atoms.